The van der Waals surface area contributed by atoms with Gasteiger partial charge in [0.25, 0.3) is 0 Å². The number of fused-ring (bicyclic) bond motifs is 1. The summed E-state index contributed by atoms with van der Waals surface area (Å²) in [5.74, 6) is 1.11. The molecule has 1 unspecified atom stereocenters. The molecule has 0 bridgehead atoms. The number of aromatic nitrogens is 3. The largest absolute Gasteiger partial charge is 0.376 e. The zero-order valence-electron chi connectivity index (χ0n) is 10.8. The highest BCUT2D eigenvalue weighted by Gasteiger charge is 2.18. The van der Waals surface area contributed by atoms with Crippen LogP contribution in [0.4, 0.5) is 0 Å². The SMILES string of the molecule is CCc1nc2cccnc2n1CC1CCCCO1. The van der Waals surface area contributed by atoms with Crippen molar-refractivity contribution in [2.75, 3.05) is 6.61 Å². The van der Waals surface area contributed by atoms with E-state index < -0.39 is 0 Å². The minimum absolute atomic E-state index is 0.323. The quantitative estimate of drug-likeness (QED) is 0.834. The molecule has 1 saturated heterocycles. The van der Waals surface area contributed by atoms with Crippen molar-refractivity contribution in [3.63, 3.8) is 0 Å². The van der Waals surface area contributed by atoms with E-state index in [1.54, 1.807) is 0 Å². The molecule has 0 aliphatic carbocycles. The van der Waals surface area contributed by atoms with Crippen molar-refractivity contribution in [1.82, 2.24) is 14.5 Å². The zero-order valence-corrected chi connectivity index (χ0v) is 10.8. The van der Waals surface area contributed by atoms with Crippen LogP contribution in [0.15, 0.2) is 18.3 Å². The number of hydrogen-bond donors (Lipinski definition) is 0. The molecule has 1 aliphatic heterocycles. The maximum Gasteiger partial charge on any atom is 0.160 e. The summed E-state index contributed by atoms with van der Waals surface area (Å²) in [6, 6.07) is 3.97. The lowest BCUT2D eigenvalue weighted by atomic mass is 10.1. The Bertz CT molecular complexity index is 529. The summed E-state index contributed by atoms with van der Waals surface area (Å²) in [7, 11) is 0. The Labute approximate surface area is 107 Å². The maximum atomic E-state index is 5.82. The van der Waals surface area contributed by atoms with E-state index in [4.69, 9.17) is 4.74 Å². The lowest BCUT2D eigenvalue weighted by molar-refractivity contribution is 0.00613. The minimum atomic E-state index is 0.323. The smallest absolute Gasteiger partial charge is 0.160 e. The first-order chi connectivity index (χ1) is 8.88. The normalized spacial score (nSPS) is 20.4. The molecule has 1 atom stereocenters. The maximum absolute atomic E-state index is 5.82. The van der Waals surface area contributed by atoms with E-state index in [9.17, 15) is 0 Å². The van der Waals surface area contributed by atoms with Crippen molar-refractivity contribution in [3.8, 4) is 0 Å². The van der Waals surface area contributed by atoms with Crippen LogP contribution < -0.4 is 0 Å². The highest BCUT2D eigenvalue weighted by molar-refractivity contribution is 5.71. The van der Waals surface area contributed by atoms with Crippen LogP contribution in [0.5, 0.6) is 0 Å². The predicted molar refractivity (Wildman–Crippen MR) is 70.5 cm³/mol. The molecule has 0 saturated carbocycles. The van der Waals surface area contributed by atoms with Gasteiger partial charge in [-0.05, 0) is 31.4 Å². The second-order valence-corrected chi connectivity index (χ2v) is 4.83. The molecular formula is C14H19N3O. The van der Waals surface area contributed by atoms with Gasteiger partial charge in [0.15, 0.2) is 5.65 Å². The van der Waals surface area contributed by atoms with Crippen LogP contribution in [0.3, 0.4) is 0 Å². The summed E-state index contributed by atoms with van der Waals surface area (Å²) in [5, 5.41) is 0. The van der Waals surface area contributed by atoms with Gasteiger partial charge in [0, 0.05) is 19.2 Å². The molecule has 96 valence electrons. The van der Waals surface area contributed by atoms with Crippen molar-refractivity contribution in [1.29, 1.82) is 0 Å². The topological polar surface area (TPSA) is 39.9 Å². The van der Waals surface area contributed by atoms with Gasteiger partial charge in [0.2, 0.25) is 0 Å². The van der Waals surface area contributed by atoms with Gasteiger partial charge in [-0.25, -0.2) is 9.97 Å². The van der Waals surface area contributed by atoms with E-state index in [0.29, 0.717) is 6.10 Å². The van der Waals surface area contributed by atoms with Crippen LogP contribution in [0.1, 0.15) is 32.0 Å². The third-order valence-corrected chi connectivity index (χ3v) is 3.56. The highest BCUT2D eigenvalue weighted by atomic mass is 16.5. The van der Waals surface area contributed by atoms with E-state index in [1.807, 2.05) is 18.3 Å². The predicted octanol–water partition coefficient (Wildman–Crippen LogP) is 2.56. The van der Waals surface area contributed by atoms with E-state index >= 15 is 0 Å². The van der Waals surface area contributed by atoms with Crippen molar-refractivity contribution < 1.29 is 4.74 Å². The van der Waals surface area contributed by atoms with Gasteiger partial charge < -0.3 is 9.30 Å². The first-order valence-electron chi connectivity index (χ1n) is 6.80. The van der Waals surface area contributed by atoms with Crippen molar-refractivity contribution in [2.24, 2.45) is 0 Å². The van der Waals surface area contributed by atoms with Gasteiger partial charge >= 0.3 is 0 Å². The van der Waals surface area contributed by atoms with E-state index in [0.717, 1.165) is 43.0 Å². The second-order valence-electron chi connectivity index (χ2n) is 4.83. The van der Waals surface area contributed by atoms with Crippen LogP contribution in [0.25, 0.3) is 11.2 Å². The first-order valence-corrected chi connectivity index (χ1v) is 6.80. The molecule has 1 aliphatic rings. The van der Waals surface area contributed by atoms with Crippen molar-refractivity contribution in [2.45, 2.75) is 45.3 Å². The molecule has 18 heavy (non-hydrogen) atoms. The molecule has 4 heteroatoms. The molecule has 3 heterocycles. The molecule has 0 N–H and O–H groups in total. The van der Waals surface area contributed by atoms with Gasteiger partial charge in [-0.2, -0.15) is 0 Å². The number of hydrogen-bond acceptors (Lipinski definition) is 3. The molecule has 0 aromatic carbocycles. The third-order valence-electron chi connectivity index (χ3n) is 3.56. The average molecular weight is 245 g/mol. The molecule has 2 aromatic heterocycles. The number of pyridine rings is 1. The lowest BCUT2D eigenvalue weighted by Crippen LogP contribution is -2.25. The van der Waals surface area contributed by atoms with E-state index in [-0.39, 0.29) is 0 Å². The summed E-state index contributed by atoms with van der Waals surface area (Å²) in [6.07, 6.45) is 6.70. The summed E-state index contributed by atoms with van der Waals surface area (Å²) >= 11 is 0. The molecule has 3 rings (SSSR count). The monoisotopic (exact) mass is 245 g/mol. The second kappa shape index (κ2) is 5.06. The Morgan fingerprint density at radius 3 is 3.17 bits per heavy atom. The van der Waals surface area contributed by atoms with E-state index in [2.05, 4.69) is 21.5 Å². The standard InChI is InChI=1S/C14H19N3O/c1-2-13-16-12-7-5-8-15-14(12)17(13)10-11-6-3-4-9-18-11/h5,7-8,11H,2-4,6,9-10H2,1H3. The fourth-order valence-electron chi connectivity index (χ4n) is 2.62. The van der Waals surface area contributed by atoms with Gasteiger partial charge in [-0.3, -0.25) is 0 Å². The molecule has 0 radical (unpaired) electrons. The Morgan fingerprint density at radius 2 is 2.39 bits per heavy atom. The number of ether oxygens (including phenoxy) is 1. The molecule has 2 aromatic rings. The van der Waals surface area contributed by atoms with Crippen molar-refractivity contribution in [3.05, 3.63) is 24.2 Å². The van der Waals surface area contributed by atoms with E-state index in [1.165, 1.54) is 12.8 Å². The number of imidazole rings is 1. The Morgan fingerprint density at radius 1 is 1.44 bits per heavy atom. The summed E-state index contributed by atoms with van der Waals surface area (Å²) in [5.41, 5.74) is 1.98. The van der Waals surface area contributed by atoms with Gasteiger partial charge in [0.1, 0.15) is 11.3 Å². The van der Waals surface area contributed by atoms with Gasteiger partial charge in [0.05, 0.1) is 12.6 Å². The Hall–Kier alpha value is -1.42. The Kier molecular flexibility index (Phi) is 3.28. The van der Waals surface area contributed by atoms with Crippen LogP contribution in [-0.4, -0.2) is 27.2 Å². The van der Waals surface area contributed by atoms with Crippen LogP contribution in [-0.2, 0) is 17.7 Å². The summed E-state index contributed by atoms with van der Waals surface area (Å²) in [4.78, 5) is 9.10. The lowest BCUT2D eigenvalue weighted by Gasteiger charge is -2.23. The highest BCUT2D eigenvalue weighted by Crippen LogP contribution is 2.19. The Balaban J connectivity index is 1.93. The molecular weight excluding hydrogens is 226 g/mol. The van der Waals surface area contributed by atoms with Gasteiger partial charge in [-0.15, -0.1) is 0 Å². The summed E-state index contributed by atoms with van der Waals surface area (Å²) < 4.78 is 8.05. The molecule has 0 spiro atoms. The number of rotatable bonds is 3. The van der Waals surface area contributed by atoms with Crippen LogP contribution in [0, 0.1) is 0 Å². The fraction of sp³-hybridized carbons (Fsp3) is 0.571. The van der Waals surface area contributed by atoms with Gasteiger partial charge in [-0.1, -0.05) is 6.92 Å². The molecule has 1 fully saturated rings. The van der Waals surface area contributed by atoms with Crippen LogP contribution in [0.2, 0.25) is 0 Å². The minimum Gasteiger partial charge on any atom is -0.376 e. The average Bonchev–Trinajstić information content (AvgIpc) is 2.78. The zero-order chi connectivity index (χ0) is 12.4. The molecule has 0 amide bonds. The van der Waals surface area contributed by atoms with Crippen molar-refractivity contribution >= 4 is 11.2 Å². The third kappa shape index (κ3) is 2.12. The molecule has 4 nitrogen and oxygen atoms in total. The first kappa shape index (κ1) is 11.7. The number of aryl methyl sites for hydroxylation is 1. The fourth-order valence-corrected chi connectivity index (χ4v) is 2.62. The van der Waals surface area contributed by atoms with Crippen LogP contribution >= 0.6 is 0 Å². The number of nitrogens with zero attached hydrogens (tertiary/aromatic N) is 3. The summed E-state index contributed by atoms with van der Waals surface area (Å²) in [6.45, 7) is 3.92.